The van der Waals surface area contributed by atoms with Crippen molar-refractivity contribution in [1.29, 1.82) is 0 Å². The summed E-state index contributed by atoms with van der Waals surface area (Å²) in [5.74, 6) is 0.385. The minimum Gasteiger partial charge on any atom is -0.497 e. The molecule has 0 saturated carbocycles. The monoisotopic (exact) mass is 342 g/mol. The number of hydrogen-bond donors (Lipinski definition) is 0. The fourth-order valence-electron chi connectivity index (χ4n) is 2.71. The third-order valence-electron chi connectivity index (χ3n) is 4.07. The lowest BCUT2D eigenvalue weighted by molar-refractivity contribution is -0.142. The summed E-state index contributed by atoms with van der Waals surface area (Å²) in [5.41, 5.74) is 1.13. The van der Waals surface area contributed by atoms with E-state index in [4.69, 9.17) is 18.9 Å². The van der Waals surface area contributed by atoms with E-state index < -0.39 is 11.9 Å². The Labute approximate surface area is 145 Å². The molecule has 0 spiro atoms. The van der Waals surface area contributed by atoms with Crippen LogP contribution in [0.3, 0.4) is 0 Å². The first-order chi connectivity index (χ1) is 12.1. The third-order valence-corrected chi connectivity index (χ3v) is 4.07. The second-order valence-corrected chi connectivity index (χ2v) is 5.55. The maximum Gasteiger partial charge on any atom is 0.313 e. The van der Waals surface area contributed by atoms with Gasteiger partial charge in [0.2, 0.25) is 6.79 Å². The first-order valence-electron chi connectivity index (χ1n) is 7.77. The molecule has 1 aliphatic heterocycles. The Kier molecular flexibility index (Phi) is 4.88. The van der Waals surface area contributed by atoms with Crippen molar-refractivity contribution in [2.75, 3.05) is 21.0 Å². The van der Waals surface area contributed by atoms with E-state index in [0.717, 1.165) is 0 Å². The van der Waals surface area contributed by atoms with E-state index in [9.17, 15) is 9.59 Å². The van der Waals surface area contributed by atoms with Crippen molar-refractivity contribution in [3.8, 4) is 17.2 Å². The average Bonchev–Trinajstić information content (AvgIpc) is 3.13. The second kappa shape index (κ2) is 7.25. The summed E-state index contributed by atoms with van der Waals surface area (Å²) in [5, 5.41) is 0. The van der Waals surface area contributed by atoms with Gasteiger partial charge in [-0.1, -0.05) is 18.2 Å². The smallest absolute Gasteiger partial charge is 0.313 e. The van der Waals surface area contributed by atoms with E-state index in [1.807, 2.05) is 0 Å². The fraction of sp³-hybridized carbons (Fsp3) is 0.263. The number of carbonyl (C=O) groups is 2. The lowest BCUT2D eigenvalue weighted by Crippen LogP contribution is -2.18. The molecule has 25 heavy (non-hydrogen) atoms. The summed E-state index contributed by atoms with van der Waals surface area (Å²) in [6.45, 7) is 0.143. The van der Waals surface area contributed by atoms with Crippen LogP contribution in [0.2, 0.25) is 0 Å². The van der Waals surface area contributed by atoms with Gasteiger partial charge in [-0.05, 0) is 29.8 Å². The largest absolute Gasteiger partial charge is 0.497 e. The van der Waals surface area contributed by atoms with Crippen LogP contribution in [-0.2, 0) is 9.53 Å². The molecule has 1 aliphatic rings. The van der Waals surface area contributed by atoms with Crippen molar-refractivity contribution in [3.05, 3.63) is 53.6 Å². The van der Waals surface area contributed by atoms with E-state index in [-0.39, 0.29) is 19.0 Å². The molecule has 0 aromatic heterocycles. The van der Waals surface area contributed by atoms with Gasteiger partial charge in [0.15, 0.2) is 17.3 Å². The van der Waals surface area contributed by atoms with Crippen LogP contribution in [0.25, 0.3) is 0 Å². The van der Waals surface area contributed by atoms with Gasteiger partial charge in [-0.3, -0.25) is 9.59 Å². The van der Waals surface area contributed by atoms with Crippen LogP contribution in [0.15, 0.2) is 42.5 Å². The molecule has 0 fully saturated rings. The molecule has 6 nitrogen and oxygen atoms in total. The van der Waals surface area contributed by atoms with E-state index in [0.29, 0.717) is 28.4 Å². The van der Waals surface area contributed by atoms with Crippen molar-refractivity contribution in [3.63, 3.8) is 0 Å². The number of esters is 1. The summed E-state index contributed by atoms with van der Waals surface area (Å²) < 4.78 is 20.6. The molecule has 0 N–H and O–H groups in total. The molecule has 0 saturated heterocycles. The first-order valence-corrected chi connectivity index (χ1v) is 7.77. The number of benzene rings is 2. The average molecular weight is 342 g/mol. The van der Waals surface area contributed by atoms with Gasteiger partial charge in [-0.25, -0.2) is 0 Å². The van der Waals surface area contributed by atoms with Crippen molar-refractivity contribution < 1.29 is 28.5 Å². The highest BCUT2D eigenvalue weighted by Gasteiger charge is 2.27. The quantitative estimate of drug-likeness (QED) is 0.594. The van der Waals surface area contributed by atoms with Crippen LogP contribution >= 0.6 is 0 Å². The highest BCUT2D eigenvalue weighted by molar-refractivity contribution is 5.99. The zero-order chi connectivity index (χ0) is 17.8. The highest BCUT2D eigenvalue weighted by atomic mass is 16.7. The molecule has 2 aromatic carbocycles. The minimum absolute atomic E-state index is 0.0144. The van der Waals surface area contributed by atoms with Crippen LogP contribution in [0.4, 0.5) is 0 Å². The molecule has 0 radical (unpaired) electrons. The lowest BCUT2D eigenvalue weighted by Gasteiger charge is -2.15. The van der Waals surface area contributed by atoms with E-state index in [2.05, 4.69) is 0 Å². The van der Waals surface area contributed by atoms with Crippen LogP contribution in [0, 0.1) is 0 Å². The Morgan fingerprint density at radius 1 is 1.08 bits per heavy atom. The number of fused-ring (bicyclic) bond motifs is 1. The summed E-state index contributed by atoms with van der Waals surface area (Å²) >= 11 is 0. The van der Waals surface area contributed by atoms with E-state index in [1.54, 1.807) is 42.5 Å². The molecular formula is C19H18O6. The fourth-order valence-corrected chi connectivity index (χ4v) is 2.71. The molecule has 3 rings (SSSR count). The van der Waals surface area contributed by atoms with E-state index in [1.165, 1.54) is 14.2 Å². The number of rotatable bonds is 6. The SMILES string of the molecule is COC(=O)C(CC(=O)c1cccc(OC)c1)c1ccc2c(c1)OCO2. The third kappa shape index (κ3) is 3.57. The molecule has 2 aromatic rings. The van der Waals surface area contributed by atoms with Crippen LogP contribution < -0.4 is 14.2 Å². The molecule has 1 atom stereocenters. The van der Waals surface area contributed by atoms with Gasteiger partial charge in [-0.2, -0.15) is 0 Å². The number of methoxy groups -OCH3 is 2. The molecule has 0 bridgehead atoms. The Bertz CT molecular complexity index is 798. The lowest BCUT2D eigenvalue weighted by atomic mass is 9.91. The molecule has 1 heterocycles. The molecule has 0 aliphatic carbocycles. The van der Waals surface area contributed by atoms with Crippen LogP contribution in [0.1, 0.15) is 28.3 Å². The van der Waals surface area contributed by atoms with Gasteiger partial charge in [0, 0.05) is 12.0 Å². The van der Waals surface area contributed by atoms with E-state index >= 15 is 0 Å². The second-order valence-electron chi connectivity index (χ2n) is 5.55. The summed E-state index contributed by atoms with van der Waals surface area (Å²) in [6, 6.07) is 12.0. The maximum absolute atomic E-state index is 12.6. The van der Waals surface area contributed by atoms with Crippen molar-refractivity contribution in [1.82, 2.24) is 0 Å². The molecule has 1 unspecified atom stereocenters. The molecule has 0 amide bonds. The number of hydrogen-bond acceptors (Lipinski definition) is 6. The van der Waals surface area contributed by atoms with Gasteiger partial charge in [0.05, 0.1) is 20.1 Å². The normalized spacial score (nSPS) is 13.2. The number of ketones is 1. The Hall–Kier alpha value is -3.02. The number of ether oxygens (including phenoxy) is 4. The number of Topliss-reactive ketones (excluding diaryl/α,β-unsaturated/α-hetero) is 1. The van der Waals surface area contributed by atoms with Crippen molar-refractivity contribution in [2.24, 2.45) is 0 Å². The van der Waals surface area contributed by atoms with Crippen LogP contribution in [0.5, 0.6) is 17.2 Å². The zero-order valence-corrected chi connectivity index (χ0v) is 14.0. The standard InChI is InChI=1S/C19H18O6/c1-22-14-5-3-4-13(8-14)16(20)10-15(19(21)23-2)12-6-7-17-18(9-12)25-11-24-17/h3-9,15H,10-11H2,1-2H3. The Morgan fingerprint density at radius 3 is 2.64 bits per heavy atom. The zero-order valence-electron chi connectivity index (χ0n) is 14.0. The van der Waals surface area contributed by atoms with Gasteiger partial charge in [-0.15, -0.1) is 0 Å². The topological polar surface area (TPSA) is 71.1 Å². The Balaban J connectivity index is 1.86. The predicted octanol–water partition coefficient (Wildman–Crippen LogP) is 2.95. The summed E-state index contributed by atoms with van der Waals surface area (Å²) in [6.07, 6.45) is -0.0144. The molecule has 130 valence electrons. The maximum atomic E-state index is 12.6. The predicted molar refractivity (Wildman–Crippen MR) is 89.3 cm³/mol. The van der Waals surface area contributed by atoms with Crippen molar-refractivity contribution >= 4 is 11.8 Å². The van der Waals surface area contributed by atoms with Gasteiger partial charge in [0.1, 0.15) is 5.75 Å². The summed E-state index contributed by atoms with van der Waals surface area (Å²) in [7, 11) is 2.84. The molecular weight excluding hydrogens is 324 g/mol. The first kappa shape index (κ1) is 16.8. The van der Waals surface area contributed by atoms with Gasteiger partial charge >= 0.3 is 5.97 Å². The van der Waals surface area contributed by atoms with Crippen molar-refractivity contribution in [2.45, 2.75) is 12.3 Å². The Morgan fingerprint density at radius 2 is 1.88 bits per heavy atom. The molecule has 6 heteroatoms. The number of carbonyl (C=O) groups excluding carboxylic acids is 2. The highest BCUT2D eigenvalue weighted by Crippen LogP contribution is 2.36. The summed E-state index contributed by atoms with van der Waals surface area (Å²) in [4.78, 5) is 24.9. The van der Waals surface area contributed by atoms with Gasteiger partial charge in [0.25, 0.3) is 0 Å². The van der Waals surface area contributed by atoms with Gasteiger partial charge < -0.3 is 18.9 Å². The van der Waals surface area contributed by atoms with Crippen LogP contribution in [-0.4, -0.2) is 32.8 Å². The minimum atomic E-state index is -0.724.